The van der Waals surface area contributed by atoms with E-state index in [4.69, 9.17) is 5.73 Å². The molecule has 1 aliphatic rings. The van der Waals surface area contributed by atoms with Gasteiger partial charge in [0.2, 0.25) is 0 Å². The molecule has 5 nitrogen and oxygen atoms in total. The first-order valence-corrected chi connectivity index (χ1v) is 7.25. The highest BCUT2D eigenvalue weighted by Gasteiger charge is 2.34. The normalized spacial score (nSPS) is 25.9. The van der Waals surface area contributed by atoms with Crippen LogP contribution in [0.2, 0.25) is 0 Å². The second kappa shape index (κ2) is 5.44. The van der Waals surface area contributed by atoms with Crippen LogP contribution in [0.5, 0.6) is 0 Å². The molecule has 0 spiro atoms. The van der Waals surface area contributed by atoms with Gasteiger partial charge < -0.3 is 5.73 Å². The molecule has 0 aromatic heterocycles. The minimum atomic E-state index is -3.34. The molecule has 1 saturated heterocycles. The number of hydrogen-bond acceptors (Lipinski definition) is 3. The lowest BCUT2D eigenvalue weighted by molar-refractivity contribution is 0.242. The average Bonchev–Trinajstić information content (AvgIpc) is 2.27. The topological polar surface area (TPSA) is 66.6 Å². The average molecular weight is 249 g/mol. The summed E-state index contributed by atoms with van der Waals surface area (Å²) < 4.78 is 27.6. The summed E-state index contributed by atoms with van der Waals surface area (Å²) in [5, 5.41) is 0. The van der Waals surface area contributed by atoms with Crippen molar-refractivity contribution >= 4 is 10.2 Å². The van der Waals surface area contributed by atoms with Crippen LogP contribution in [0, 0.1) is 0 Å². The molecule has 2 N–H and O–H groups in total. The third-order valence-electron chi connectivity index (χ3n) is 3.36. The maximum absolute atomic E-state index is 12.3. The predicted octanol–water partition coefficient (Wildman–Crippen LogP) is 0.385. The van der Waals surface area contributed by atoms with Crippen LogP contribution >= 0.6 is 0 Å². The molecule has 1 heterocycles. The first-order chi connectivity index (χ1) is 7.41. The summed E-state index contributed by atoms with van der Waals surface area (Å²) in [6, 6.07) is -0.0506. The molecule has 0 aliphatic carbocycles. The molecular formula is C10H23N3O2S. The van der Waals surface area contributed by atoms with E-state index in [-0.39, 0.29) is 12.1 Å². The number of rotatable bonds is 4. The van der Waals surface area contributed by atoms with Gasteiger partial charge in [0.1, 0.15) is 0 Å². The van der Waals surface area contributed by atoms with E-state index in [1.165, 1.54) is 4.31 Å². The van der Waals surface area contributed by atoms with E-state index in [0.717, 1.165) is 19.3 Å². The fourth-order valence-electron chi connectivity index (χ4n) is 1.96. The lowest BCUT2D eigenvalue weighted by Gasteiger charge is -2.36. The fourth-order valence-corrected chi connectivity index (χ4v) is 3.75. The van der Waals surface area contributed by atoms with Crippen LogP contribution in [-0.2, 0) is 10.2 Å². The van der Waals surface area contributed by atoms with Gasteiger partial charge in [-0.25, -0.2) is 0 Å². The summed E-state index contributed by atoms with van der Waals surface area (Å²) in [5.74, 6) is 0. The second-order valence-electron chi connectivity index (χ2n) is 4.56. The van der Waals surface area contributed by atoms with Crippen LogP contribution < -0.4 is 5.73 Å². The third kappa shape index (κ3) is 2.74. The van der Waals surface area contributed by atoms with Crippen molar-refractivity contribution in [2.75, 3.05) is 20.1 Å². The van der Waals surface area contributed by atoms with Crippen LogP contribution in [-0.4, -0.2) is 49.2 Å². The van der Waals surface area contributed by atoms with E-state index in [0.29, 0.717) is 13.1 Å². The van der Waals surface area contributed by atoms with Crippen LogP contribution in [0.15, 0.2) is 0 Å². The largest absolute Gasteiger partial charge is 0.329 e. The van der Waals surface area contributed by atoms with Crippen LogP contribution in [0.1, 0.15) is 33.1 Å². The van der Waals surface area contributed by atoms with Gasteiger partial charge in [0.05, 0.1) is 0 Å². The van der Waals surface area contributed by atoms with E-state index < -0.39 is 10.2 Å². The molecule has 16 heavy (non-hydrogen) atoms. The standard InChI is InChI=1S/C10H23N3O2S/c1-9-6-4-5-7-13(9)16(14,15)12(3)10(2)8-11/h9-10H,4-8,11H2,1-3H3. The Morgan fingerprint density at radius 1 is 1.50 bits per heavy atom. The first-order valence-electron chi connectivity index (χ1n) is 5.86. The highest BCUT2D eigenvalue weighted by atomic mass is 32.2. The molecule has 0 bridgehead atoms. The van der Waals surface area contributed by atoms with Crippen molar-refractivity contribution in [2.45, 2.75) is 45.2 Å². The third-order valence-corrected chi connectivity index (χ3v) is 5.59. The monoisotopic (exact) mass is 249 g/mol. The second-order valence-corrected chi connectivity index (χ2v) is 6.50. The van der Waals surface area contributed by atoms with E-state index in [1.807, 2.05) is 13.8 Å². The van der Waals surface area contributed by atoms with Crippen molar-refractivity contribution < 1.29 is 8.42 Å². The van der Waals surface area contributed by atoms with Crippen molar-refractivity contribution in [1.29, 1.82) is 0 Å². The van der Waals surface area contributed by atoms with E-state index in [9.17, 15) is 8.42 Å². The number of likely N-dealkylation sites (N-methyl/N-ethyl adjacent to an activating group) is 1. The Morgan fingerprint density at radius 3 is 2.62 bits per heavy atom. The Morgan fingerprint density at radius 2 is 2.12 bits per heavy atom. The first kappa shape index (κ1) is 13.9. The molecule has 0 aromatic rings. The quantitative estimate of drug-likeness (QED) is 0.783. The lowest BCUT2D eigenvalue weighted by Crippen LogP contribution is -2.52. The van der Waals surface area contributed by atoms with Crippen molar-refractivity contribution in [3.63, 3.8) is 0 Å². The van der Waals surface area contributed by atoms with Gasteiger partial charge in [-0.05, 0) is 26.7 Å². The van der Waals surface area contributed by atoms with E-state index in [1.54, 1.807) is 11.4 Å². The number of nitrogens with zero attached hydrogens (tertiary/aromatic N) is 2. The molecule has 2 atom stereocenters. The zero-order valence-electron chi connectivity index (χ0n) is 10.4. The summed E-state index contributed by atoms with van der Waals surface area (Å²) in [7, 11) is -1.73. The fraction of sp³-hybridized carbons (Fsp3) is 1.00. The number of piperidine rings is 1. The minimum absolute atomic E-state index is 0.103. The minimum Gasteiger partial charge on any atom is -0.329 e. The molecular weight excluding hydrogens is 226 g/mol. The van der Waals surface area contributed by atoms with Crippen LogP contribution in [0.4, 0.5) is 0 Å². The zero-order chi connectivity index (χ0) is 12.3. The van der Waals surface area contributed by atoms with Crippen molar-refractivity contribution in [3.05, 3.63) is 0 Å². The van der Waals surface area contributed by atoms with Gasteiger partial charge >= 0.3 is 0 Å². The summed E-state index contributed by atoms with van der Waals surface area (Å²) in [5.41, 5.74) is 5.51. The van der Waals surface area contributed by atoms with E-state index in [2.05, 4.69) is 0 Å². The number of hydrogen-bond donors (Lipinski definition) is 1. The van der Waals surface area contributed by atoms with Gasteiger partial charge in [-0.1, -0.05) is 6.42 Å². The smallest absolute Gasteiger partial charge is 0.282 e. The highest BCUT2D eigenvalue weighted by molar-refractivity contribution is 7.86. The molecule has 1 fully saturated rings. The van der Waals surface area contributed by atoms with Gasteiger partial charge in [-0.15, -0.1) is 0 Å². The molecule has 0 amide bonds. The van der Waals surface area contributed by atoms with Crippen molar-refractivity contribution in [1.82, 2.24) is 8.61 Å². The van der Waals surface area contributed by atoms with Gasteiger partial charge in [-0.3, -0.25) is 0 Å². The molecule has 6 heteroatoms. The van der Waals surface area contributed by atoms with Crippen LogP contribution in [0.25, 0.3) is 0 Å². The Balaban J connectivity index is 2.83. The molecule has 96 valence electrons. The maximum atomic E-state index is 12.3. The van der Waals surface area contributed by atoms with Crippen molar-refractivity contribution in [2.24, 2.45) is 5.73 Å². The summed E-state index contributed by atoms with van der Waals surface area (Å²) >= 11 is 0. The zero-order valence-corrected chi connectivity index (χ0v) is 11.2. The Kier molecular flexibility index (Phi) is 4.73. The summed E-state index contributed by atoms with van der Waals surface area (Å²) in [4.78, 5) is 0. The molecule has 0 aromatic carbocycles. The molecule has 0 saturated carbocycles. The van der Waals surface area contributed by atoms with Gasteiger partial charge in [0, 0.05) is 32.2 Å². The Hall–Kier alpha value is -0.170. The number of nitrogens with two attached hydrogens (primary N) is 1. The van der Waals surface area contributed by atoms with Gasteiger partial charge in [-0.2, -0.15) is 17.0 Å². The molecule has 0 radical (unpaired) electrons. The SMILES string of the molecule is CC(CN)N(C)S(=O)(=O)N1CCCCC1C. The van der Waals surface area contributed by atoms with Crippen molar-refractivity contribution in [3.8, 4) is 0 Å². The highest BCUT2D eigenvalue weighted by Crippen LogP contribution is 2.22. The summed E-state index contributed by atoms with van der Waals surface area (Å²) in [6.07, 6.45) is 3.02. The Labute approximate surface area is 98.8 Å². The predicted molar refractivity (Wildman–Crippen MR) is 65.2 cm³/mol. The van der Waals surface area contributed by atoms with Crippen LogP contribution in [0.3, 0.4) is 0 Å². The Bertz CT molecular complexity index is 318. The summed E-state index contributed by atoms with van der Waals surface area (Å²) in [6.45, 7) is 4.77. The van der Waals surface area contributed by atoms with Gasteiger partial charge in [0.25, 0.3) is 10.2 Å². The molecule has 1 rings (SSSR count). The maximum Gasteiger partial charge on any atom is 0.282 e. The molecule has 2 unspecified atom stereocenters. The molecule has 1 aliphatic heterocycles. The van der Waals surface area contributed by atoms with Gasteiger partial charge in [0.15, 0.2) is 0 Å². The van der Waals surface area contributed by atoms with E-state index >= 15 is 0 Å². The lowest BCUT2D eigenvalue weighted by atomic mass is 10.1.